The van der Waals surface area contributed by atoms with E-state index in [4.69, 9.17) is 11.6 Å². The summed E-state index contributed by atoms with van der Waals surface area (Å²) in [5.41, 5.74) is 5.48. The van der Waals surface area contributed by atoms with E-state index in [1.54, 1.807) is 0 Å². The van der Waals surface area contributed by atoms with Crippen LogP contribution in [0.25, 0.3) is 10.9 Å². The third-order valence-corrected chi connectivity index (χ3v) is 3.63. The number of rotatable bonds is 7. The SMILES string of the molecule is CCN(CCCN(C)C)Nc1ccnc2cc(Cl)ccc12. The van der Waals surface area contributed by atoms with Crippen molar-refractivity contribution in [2.75, 3.05) is 39.2 Å². The largest absolute Gasteiger partial charge is 0.318 e. The average Bonchev–Trinajstić information content (AvgIpc) is 2.45. The summed E-state index contributed by atoms with van der Waals surface area (Å²) in [4.78, 5) is 6.58. The Labute approximate surface area is 131 Å². The Morgan fingerprint density at radius 3 is 2.71 bits per heavy atom. The number of benzene rings is 1. The lowest BCUT2D eigenvalue weighted by molar-refractivity contribution is 0.309. The molecule has 4 nitrogen and oxygen atoms in total. The van der Waals surface area contributed by atoms with Crippen LogP contribution >= 0.6 is 11.6 Å². The molecule has 0 unspecified atom stereocenters. The van der Waals surface area contributed by atoms with Crippen molar-refractivity contribution in [3.05, 3.63) is 35.5 Å². The molecule has 1 aromatic heterocycles. The zero-order chi connectivity index (χ0) is 15.2. The molecule has 2 rings (SSSR count). The highest BCUT2D eigenvalue weighted by molar-refractivity contribution is 6.31. The normalized spacial score (nSPS) is 11.5. The highest BCUT2D eigenvalue weighted by Gasteiger charge is 2.07. The van der Waals surface area contributed by atoms with Crippen LogP contribution in [0.5, 0.6) is 0 Å². The molecule has 0 atom stereocenters. The monoisotopic (exact) mass is 306 g/mol. The summed E-state index contributed by atoms with van der Waals surface area (Å²) >= 11 is 6.03. The van der Waals surface area contributed by atoms with Crippen molar-refractivity contribution in [3.63, 3.8) is 0 Å². The summed E-state index contributed by atoms with van der Waals surface area (Å²) in [6.07, 6.45) is 2.94. The summed E-state index contributed by atoms with van der Waals surface area (Å²) in [7, 11) is 4.20. The second-order valence-electron chi connectivity index (χ2n) is 5.37. The van der Waals surface area contributed by atoms with Crippen LogP contribution in [0.2, 0.25) is 5.02 Å². The maximum absolute atomic E-state index is 6.03. The second-order valence-corrected chi connectivity index (χ2v) is 5.80. The van der Waals surface area contributed by atoms with E-state index >= 15 is 0 Å². The number of hydrazine groups is 1. The van der Waals surface area contributed by atoms with Crippen LogP contribution in [0.15, 0.2) is 30.5 Å². The van der Waals surface area contributed by atoms with Crippen molar-refractivity contribution >= 4 is 28.2 Å². The Morgan fingerprint density at radius 1 is 1.19 bits per heavy atom. The summed E-state index contributed by atoms with van der Waals surface area (Å²) in [6.45, 7) is 5.20. The Balaban J connectivity index is 2.10. The fourth-order valence-corrected chi connectivity index (χ4v) is 2.43. The Bertz CT molecular complexity index is 585. The van der Waals surface area contributed by atoms with Gasteiger partial charge in [-0.3, -0.25) is 4.98 Å². The molecule has 0 saturated carbocycles. The number of pyridine rings is 1. The predicted octanol–water partition coefficient (Wildman–Crippen LogP) is 3.49. The zero-order valence-electron chi connectivity index (χ0n) is 12.9. The topological polar surface area (TPSA) is 31.4 Å². The quantitative estimate of drug-likeness (QED) is 0.794. The number of nitrogens with one attached hydrogen (secondary N) is 1. The number of anilines is 1. The van der Waals surface area contributed by atoms with Crippen LogP contribution in [0, 0.1) is 0 Å². The van der Waals surface area contributed by atoms with Crippen molar-refractivity contribution in [1.82, 2.24) is 14.9 Å². The first-order valence-corrected chi connectivity index (χ1v) is 7.68. The summed E-state index contributed by atoms with van der Waals surface area (Å²) in [5.74, 6) is 0. The van der Waals surface area contributed by atoms with Gasteiger partial charge in [-0.1, -0.05) is 18.5 Å². The number of hydrogen-bond donors (Lipinski definition) is 1. The molecule has 5 heteroatoms. The van der Waals surface area contributed by atoms with Crippen molar-refractivity contribution in [3.8, 4) is 0 Å². The van der Waals surface area contributed by atoms with Crippen LogP contribution in [-0.4, -0.2) is 48.6 Å². The zero-order valence-corrected chi connectivity index (χ0v) is 13.7. The average molecular weight is 307 g/mol. The number of halogens is 1. The third kappa shape index (κ3) is 4.56. The summed E-state index contributed by atoms with van der Waals surface area (Å²) in [6, 6.07) is 7.81. The number of aromatic nitrogens is 1. The van der Waals surface area contributed by atoms with Crippen LogP contribution in [0.1, 0.15) is 13.3 Å². The van der Waals surface area contributed by atoms with Crippen LogP contribution in [0.3, 0.4) is 0 Å². The number of hydrogen-bond acceptors (Lipinski definition) is 4. The van der Waals surface area contributed by atoms with Gasteiger partial charge in [-0.05, 0) is 51.3 Å². The van der Waals surface area contributed by atoms with Crippen LogP contribution < -0.4 is 5.43 Å². The van der Waals surface area contributed by atoms with E-state index in [0.717, 1.165) is 42.6 Å². The molecule has 0 radical (unpaired) electrons. The molecule has 0 spiro atoms. The number of fused-ring (bicyclic) bond motifs is 1. The Kier molecular flexibility index (Phi) is 5.79. The molecule has 0 aliphatic rings. The molecule has 1 heterocycles. The van der Waals surface area contributed by atoms with Gasteiger partial charge in [0.25, 0.3) is 0 Å². The van der Waals surface area contributed by atoms with Crippen molar-refractivity contribution in [2.24, 2.45) is 0 Å². The molecule has 0 fully saturated rings. The first-order valence-electron chi connectivity index (χ1n) is 7.30. The molecular formula is C16H23ClN4. The van der Waals surface area contributed by atoms with Gasteiger partial charge in [0.15, 0.2) is 0 Å². The van der Waals surface area contributed by atoms with Gasteiger partial charge >= 0.3 is 0 Å². The van der Waals surface area contributed by atoms with Gasteiger partial charge in [0.05, 0.1) is 11.2 Å². The van der Waals surface area contributed by atoms with Crippen molar-refractivity contribution in [1.29, 1.82) is 0 Å². The molecule has 0 amide bonds. The highest BCUT2D eigenvalue weighted by atomic mass is 35.5. The number of nitrogens with zero attached hydrogens (tertiary/aromatic N) is 3. The second kappa shape index (κ2) is 7.59. The van der Waals surface area contributed by atoms with E-state index in [1.165, 1.54) is 0 Å². The minimum Gasteiger partial charge on any atom is -0.318 e. The minimum atomic E-state index is 0.713. The van der Waals surface area contributed by atoms with Crippen LogP contribution in [0.4, 0.5) is 5.69 Å². The van der Waals surface area contributed by atoms with Crippen molar-refractivity contribution in [2.45, 2.75) is 13.3 Å². The molecule has 21 heavy (non-hydrogen) atoms. The standard InChI is InChI=1S/C16H23ClN4/c1-4-21(11-5-10-20(2)3)19-15-8-9-18-16-12-13(17)6-7-14(15)16/h6-9,12H,4-5,10-11H2,1-3H3,(H,18,19). The lowest BCUT2D eigenvalue weighted by Crippen LogP contribution is -2.32. The summed E-state index contributed by atoms with van der Waals surface area (Å²) in [5, 5.41) is 4.03. The van der Waals surface area contributed by atoms with Gasteiger partial charge in [0.2, 0.25) is 0 Å². The minimum absolute atomic E-state index is 0.713. The van der Waals surface area contributed by atoms with E-state index in [-0.39, 0.29) is 0 Å². The van der Waals surface area contributed by atoms with Gasteiger partial charge in [-0.15, -0.1) is 0 Å². The Hall–Kier alpha value is -1.36. The fourth-order valence-electron chi connectivity index (χ4n) is 2.26. The first kappa shape index (κ1) is 16.0. The highest BCUT2D eigenvalue weighted by Crippen LogP contribution is 2.24. The van der Waals surface area contributed by atoms with E-state index in [2.05, 4.69) is 41.3 Å². The smallest absolute Gasteiger partial charge is 0.0738 e. The third-order valence-electron chi connectivity index (χ3n) is 3.40. The molecular weight excluding hydrogens is 284 g/mol. The molecule has 0 aliphatic carbocycles. The molecule has 1 aromatic carbocycles. The van der Waals surface area contributed by atoms with Gasteiger partial charge in [0, 0.05) is 29.7 Å². The lowest BCUT2D eigenvalue weighted by Gasteiger charge is -2.24. The first-order chi connectivity index (χ1) is 10.1. The molecule has 1 N–H and O–H groups in total. The van der Waals surface area contributed by atoms with Crippen molar-refractivity contribution < 1.29 is 0 Å². The lowest BCUT2D eigenvalue weighted by atomic mass is 10.2. The molecule has 2 aromatic rings. The maximum atomic E-state index is 6.03. The van der Waals surface area contributed by atoms with Gasteiger partial charge < -0.3 is 10.3 Å². The molecule has 0 bridgehead atoms. The van der Waals surface area contributed by atoms with E-state index < -0.39 is 0 Å². The predicted molar refractivity (Wildman–Crippen MR) is 90.8 cm³/mol. The maximum Gasteiger partial charge on any atom is 0.0738 e. The van der Waals surface area contributed by atoms with Gasteiger partial charge in [-0.25, -0.2) is 5.01 Å². The van der Waals surface area contributed by atoms with Crippen LogP contribution in [-0.2, 0) is 0 Å². The van der Waals surface area contributed by atoms with Gasteiger partial charge in [0.1, 0.15) is 0 Å². The molecule has 114 valence electrons. The van der Waals surface area contributed by atoms with E-state index in [0.29, 0.717) is 5.02 Å². The summed E-state index contributed by atoms with van der Waals surface area (Å²) < 4.78 is 0. The fraction of sp³-hybridized carbons (Fsp3) is 0.438. The van der Waals surface area contributed by atoms with E-state index in [9.17, 15) is 0 Å². The Morgan fingerprint density at radius 2 is 2.00 bits per heavy atom. The van der Waals surface area contributed by atoms with E-state index in [1.807, 2.05) is 30.5 Å². The molecule has 0 saturated heterocycles. The van der Waals surface area contributed by atoms with Gasteiger partial charge in [-0.2, -0.15) is 0 Å². The molecule has 0 aliphatic heterocycles.